The van der Waals surface area contributed by atoms with Crippen molar-refractivity contribution in [3.05, 3.63) is 155 Å². The topological polar surface area (TPSA) is 28.2 Å². The van der Waals surface area contributed by atoms with Gasteiger partial charge in [0.2, 0.25) is 0 Å². The summed E-state index contributed by atoms with van der Waals surface area (Å²) in [5, 5.41) is 10.1. The molecule has 0 radical (unpaired) electrons. The summed E-state index contributed by atoms with van der Waals surface area (Å²) >= 11 is 0. The zero-order valence-corrected chi connectivity index (χ0v) is 30.9. The molecule has 0 N–H and O–H groups in total. The van der Waals surface area contributed by atoms with Crippen LogP contribution in [-0.4, -0.2) is 13.1 Å². The Kier molecular flexibility index (Phi) is 18.6. The van der Waals surface area contributed by atoms with Crippen LogP contribution in [0, 0.1) is 13.8 Å². The number of para-hydroxylation sites is 2. The molecule has 0 bridgehead atoms. The first kappa shape index (κ1) is 39.1. The normalized spacial score (nSPS) is 10.5. The number of nitrogens with zero attached hydrogens (tertiary/aromatic N) is 2. The molecule has 0 unspecified atom stereocenters. The molecule has 44 heavy (non-hydrogen) atoms. The van der Waals surface area contributed by atoms with Gasteiger partial charge in [-0.2, -0.15) is 49.2 Å². The number of hydrogen-bond acceptors (Lipinski definition) is 0. The Bertz CT molecular complexity index is 1160. The van der Waals surface area contributed by atoms with Crippen molar-refractivity contribution in [1.29, 1.82) is 0 Å². The third kappa shape index (κ3) is 13.4. The van der Waals surface area contributed by atoms with Crippen LogP contribution in [0.4, 0.5) is 11.4 Å². The molecule has 0 aromatic heterocycles. The van der Waals surface area contributed by atoms with Crippen LogP contribution in [0.25, 0.3) is 10.6 Å². The Hall–Kier alpha value is -2.90. The van der Waals surface area contributed by atoms with E-state index in [1.807, 2.05) is 60.7 Å². The zero-order chi connectivity index (χ0) is 31.8. The summed E-state index contributed by atoms with van der Waals surface area (Å²) in [4.78, 5) is 0. The molecule has 0 aliphatic rings. The molecule has 0 atom stereocenters. The van der Waals surface area contributed by atoms with Gasteiger partial charge >= 0.3 is 26.2 Å². The van der Waals surface area contributed by atoms with Gasteiger partial charge in [-0.15, -0.1) is 48.7 Å². The van der Waals surface area contributed by atoms with E-state index < -0.39 is 0 Å². The van der Waals surface area contributed by atoms with Crippen LogP contribution in [-0.2, 0) is 26.2 Å². The second-order valence-electron chi connectivity index (χ2n) is 12.3. The van der Waals surface area contributed by atoms with Gasteiger partial charge in [0, 0.05) is 0 Å². The molecular formula is C41H54N2Zr. The van der Waals surface area contributed by atoms with Gasteiger partial charge in [0.25, 0.3) is 0 Å². The first-order valence-electron chi connectivity index (χ1n) is 15.9. The van der Waals surface area contributed by atoms with Gasteiger partial charge in [0.05, 0.1) is 0 Å². The van der Waals surface area contributed by atoms with Gasteiger partial charge in [0.15, 0.2) is 0 Å². The zero-order valence-electron chi connectivity index (χ0n) is 28.5. The molecule has 0 amide bonds. The van der Waals surface area contributed by atoms with Crippen LogP contribution < -0.4 is 0 Å². The van der Waals surface area contributed by atoms with Gasteiger partial charge in [-0.25, -0.2) is 0 Å². The summed E-state index contributed by atoms with van der Waals surface area (Å²) in [5.74, 6) is 1.96. The fourth-order valence-electron chi connectivity index (χ4n) is 4.80. The van der Waals surface area contributed by atoms with Gasteiger partial charge in [-0.3, -0.25) is 0 Å². The maximum atomic E-state index is 5.03. The fourth-order valence-corrected chi connectivity index (χ4v) is 4.80. The van der Waals surface area contributed by atoms with E-state index in [0.29, 0.717) is 23.7 Å². The summed E-state index contributed by atoms with van der Waals surface area (Å²) in [6, 6.07) is 33.0. The number of hydrogen-bond donors (Lipinski definition) is 0. The molecule has 2 nitrogen and oxygen atoms in total. The van der Waals surface area contributed by atoms with E-state index in [2.05, 4.69) is 106 Å². The van der Waals surface area contributed by atoms with Gasteiger partial charge in [-0.1, -0.05) is 133 Å². The monoisotopic (exact) mass is 664 g/mol. The first-order chi connectivity index (χ1) is 20.5. The van der Waals surface area contributed by atoms with Crippen molar-refractivity contribution in [2.45, 2.75) is 85.5 Å². The van der Waals surface area contributed by atoms with Crippen molar-refractivity contribution < 1.29 is 26.2 Å². The average molecular weight is 666 g/mol. The molecular weight excluding hydrogens is 612 g/mol. The quantitative estimate of drug-likeness (QED) is 0.119. The molecule has 3 heteroatoms. The Morgan fingerprint density at radius 1 is 0.432 bits per heavy atom. The minimum Gasteiger partial charge on any atom is -0.684 e. The molecule has 0 aliphatic carbocycles. The number of rotatable bonds is 10. The Morgan fingerprint density at radius 2 is 0.705 bits per heavy atom. The largest absolute Gasteiger partial charge is 4.00 e. The molecule has 4 rings (SSSR count). The molecule has 4 aromatic carbocycles. The molecule has 4 aromatic rings. The van der Waals surface area contributed by atoms with E-state index in [0.717, 1.165) is 30.6 Å². The minimum absolute atomic E-state index is 0. The van der Waals surface area contributed by atoms with Crippen LogP contribution in [0.2, 0.25) is 0 Å². The van der Waals surface area contributed by atoms with Gasteiger partial charge in [-0.05, 0) is 23.7 Å². The molecule has 0 spiro atoms. The van der Waals surface area contributed by atoms with Crippen molar-refractivity contribution in [2.24, 2.45) is 0 Å². The van der Waals surface area contributed by atoms with Crippen molar-refractivity contribution >= 4 is 11.4 Å². The van der Waals surface area contributed by atoms with Crippen molar-refractivity contribution in [3.8, 4) is 0 Å². The maximum absolute atomic E-state index is 5.03. The summed E-state index contributed by atoms with van der Waals surface area (Å²) in [6.45, 7) is 27.1. The Morgan fingerprint density at radius 3 is 0.909 bits per heavy atom. The average Bonchev–Trinajstić information content (AvgIpc) is 2.98. The summed E-state index contributed by atoms with van der Waals surface area (Å²) in [5.41, 5.74) is 10.0. The second-order valence-corrected chi connectivity index (χ2v) is 12.3. The van der Waals surface area contributed by atoms with Crippen molar-refractivity contribution in [2.75, 3.05) is 13.1 Å². The van der Waals surface area contributed by atoms with E-state index in [1.54, 1.807) is 0 Å². The summed E-state index contributed by atoms with van der Waals surface area (Å²) in [7, 11) is 0. The Labute approximate surface area is 289 Å². The molecule has 0 fully saturated rings. The minimum atomic E-state index is 0. The van der Waals surface area contributed by atoms with E-state index in [9.17, 15) is 0 Å². The predicted octanol–water partition coefficient (Wildman–Crippen LogP) is 13.0. The second kappa shape index (κ2) is 20.9. The van der Waals surface area contributed by atoms with Crippen LogP contribution in [0.5, 0.6) is 0 Å². The third-order valence-corrected chi connectivity index (χ3v) is 7.23. The van der Waals surface area contributed by atoms with Crippen LogP contribution in [0.1, 0.15) is 119 Å². The third-order valence-electron chi connectivity index (χ3n) is 7.23. The van der Waals surface area contributed by atoms with E-state index in [1.165, 1.54) is 33.6 Å². The van der Waals surface area contributed by atoms with Crippen LogP contribution >= 0.6 is 0 Å². The predicted molar refractivity (Wildman–Crippen MR) is 191 cm³/mol. The van der Waals surface area contributed by atoms with Crippen molar-refractivity contribution in [3.63, 3.8) is 0 Å². The Balaban J connectivity index is 0.000000523. The van der Waals surface area contributed by atoms with E-state index in [4.69, 9.17) is 10.6 Å². The summed E-state index contributed by atoms with van der Waals surface area (Å²) < 4.78 is 0. The SMILES string of the molecule is CC(C)c1cccc(C(C)C)c1[N-]CCC[N-]c1c(C(C)C)cccc1C(C)C.[CH2-]c1ccccc1.[CH2-]c1ccccc1.[Zr+4]. The molecule has 232 valence electrons. The summed E-state index contributed by atoms with van der Waals surface area (Å²) in [6.07, 6.45) is 0.980. The van der Waals surface area contributed by atoms with Gasteiger partial charge in [0.1, 0.15) is 0 Å². The van der Waals surface area contributed by atoms with E-state index >= 15 is 0 Å². The number of benzene rings is 4. The molecule has 0 aliphatic heterocycles. The van der Waals surface area contributed by atoms with Gasteiger partial charge < -0.3 is 10.6 Å². The standard InChI is InChI=1S/C27H40N2.2C7H7.Zr/c1-18(2)22-12-9-13-23(19(3)4)26(22)28-16-11-17-29-27-24(20(5)6)14-10-15-25(27)21(7)8;2*1-7-5-3-2-4-6-7;/h9-10,12-15,18-21H,11,16-17H2,1-8H3;2*2-6H,1H2;/q-2;2*-1;+4. The molecule has 0 heterocycles. The first-order valence-corrected chi connectivity index (χ1v) is 15.9. The molecule has 0 saturated heterocycles. The van der Waals surface area contributed by atoms with E-state index in [-0.39, 0.29) is 26.2 Å². The van der Waals surface area contributed by atoms with Crippen molar-refractivity contribution in [1.82, 2.24) is 0 Å². The maximum Gasteiger partial charge on any atom is 4.00 e. The van der Waals surface area contributed by atoms with Crippen LogP contribution in [0.15, 0.2) is 97.1 Å². The molecule has 0 saturated carbocycles. The fraction of sp³-hybridized carbons (Fsp3) is 0.366. The van der Waals surface area contributed by atoms with Crippen LogP contribution in [0.3, 0.4) is 0 Å². The smallest absolute Gasteiger partial charge is 0.684 e.